The molecule has 108 valence electrons. The standard InChI is InChI=1S/C18H25NO/c1-12(2)18(20)17(19-13(3)4)11-15-10-9-14-7-5-6-8-16(14)15/h5-8,10,12-13,17,19H,9,11H2,1-4H3. The van der Waals surface area contributed by atoms with Crippen molar-refractivity contribution in [1.82, 2.24) is 5.32 Å². The molecule has 1 aromatic carbocycles. The van der Waals surface area contributed by atoms with E-state index < -0.39 is 0 Å². The number of ketones is 1. The van der Waals surface area contributed by atoms with Gasteiger partial charge in [-0.25, -0.2) is 0 Å². The van der Waals surface area contributed by atoms with Crippen molar-refractivity contribution < 1.29 is 4.79 Å². The highest BCUT2D eigenvalue weighted by molar-refractivity contribution is 5.88. The maximum atomic E-state index is 12.4. The van der Waals surface area contributed by atoms with E-state index in [2.05, 4.69) is 49.5 Å². The van der Waals surface area contributed by atoms with E-state index in [-0.39, 0.29) is 12.0 Å². The molecule has 0 saturated carbocycles. The molecule has 1 atom stereocenters. The summed E-state index contributed by atoms with van der Waals surface area (Å²) < 4.78 is 0. The first kappa shape index (κ1) is 15.0. The molecule has 2 nitrogen and oxygen atoms in total. The molecule has 0 heterocycles. The number of nitrogens with one attached hydrogen (secondary N) is 1. The molecule has 2 rings (SSSR count). The molecular weight excluding hydrogens is 246 g/mol. The number of rotatable bonds is 6. The van der Waals surface area contributed by atoms with Crippen molar-refractivity contribution in [2.75, 3.05) is 0 Å². The fourth-order valence-corrected chi connectivity index (χ4v) is 2.81. The van der Waals surface area contributed by atoms with Crippen molar-refractivity contribution >= 4 is 11.4 Å². The monoisotopic (exact) mass is 271 g/mol. The van der Waals surface area contributed by atoms with Crippen LogP contribution in [0, 0.1) is 5.92 Å². The van der Waals surface area contributed by atoms with Gasteiger partial charge >= 0.3 is 0 Å². The van der Waals surface area contributed by atoms with Crippen LogP contribution in [0.4, 0.5) is 0 Å². The molecule has 2 heteroatoms. The van der Waals surface area contributed by atoms with Gasteiger partial charge < -0.3 is 5.32 Å². The third-order valence-corrected chi connectivity index (χ3v) is 3.80. The molecule has 0 saturated heterocycles. The van der Waals surface area contributed by atoms with Crippen LogP contribution in [0.15, 0.2) is 30.3 Å². The zero-order chi connectivity index (χ0) is 14.7. The molecule has 0 radical (unpaired) electrons. The second kappa shape index (κ2) is 6.36. The minimum absolute atomic E-state index is 0.0727. The number of hydrogen-bond donors (Lipinski definition) is 1. The molecule has 0 bridgehead atoms. The summed E-state index contributed by atoms with van der Waals surface area (Å²) in [6.45, 7) is 8.15. The van der Waals surface area contributed by atoms with Crippen molar-refractivity contribution in [1.29, 1.82) is 0 Å². The predicted molar refractivity (Wildman–Crippen MR) is 84.6 cm³/mol. The van der Waals surface area contributed by atoms with Crippen molar-refractivity contribution in [2.45, 2.75) is 52.6 Å². The molecule has 20 heavy (non-hydrogen) atoms. The first-order chi connectivity index (χ1) is 9.49. The molecule has 0 fully saturated rings. The van der Waals surface area contributed by atoms with E-state index in [9.17, 15) is 4.79 Å². The van der Waals surface area contributed by atoms with Crippen LogP contribution in [0.1, 0.15) is 45.2 Å². The highest BCUT2D eigenvalue weighted by atomic mass is 16.1. The quantitative estimate of drug-likeness (QED) is 0.856. The predicted octanol–water partition coefficient (Wildman–Crippen LogP) is 3.61. The molecular formula is C18H25NO. The zero-order valence-electron chi connectivity index (χ0n) is 12.9. The Kier molecular flexibility index (Phi) is 4.77. The first-order valence-electron chi connectivity index (χ1n) is 7.56. The van der Waals surface area contributed by atoms with E-state index in [4.69, 9.17) is 0 Å². The Bertz CT molecular complexity index is 514. The average Bonchev–Trinajstić information content (AvgIpc) is 2.80. The number of fused-ring (bicyclic) bond motifs is 1. The fourth-order valence-electron chi connectivity index (χ4n) is 2.81. The van der Waals surface area contributed by atoms with Gasteiger partial charge in [0, 0.05) is 12.0 Å². The Hall–Kier alpha value is -1.41. The van der Waals surface area contributed by atoms with E-state index in [1.54, 1.807) is 0 Å². The van der Waals surface area contributed by atoms with Crippen LogP contribution in [0.25, 0.3) is 5.57 Å². The third-order valence-electron chi connectivity index (χ3n) is 3.80. The largest absolute Gasteiger partial charge is 0.305 e. The van der Waals surface area contributed by atoms with E-state index in [0.717, 1.165) is 12.8 Å². The summed E-state index contributed by atoms with van der Waals surface area (Å²) >= 11 is 0. The average molecular weight is 271 g/mol. The Balaban J connectivity index is 2.15. The van der Waals surface area contributed by atoms with Crippen molar-refractivity contribution in [3.63, 3.8) is 0 Å². The molecule has 0 amide bonds. The van der Waals surface area contributed by atoms with Crippen LogP contribution in [-0.4, -0.2) is 17.9 Å². The van der Waals surface area contributed by atoms with Gasteiger partial charge in [0.25, 0.3) is 0 Å². The minimum atomic E-state index is -0.0765. The Morgan fingerprint density at radius 1 is 1.20 bits per heavy atom. The van der Waals surface area contributed by atoms with Crippen LogP contribution in [0.2, 0.25) is 0 Å². The van der Waals surface area contributed by atoms with E-state index in [1.807, 2.05) is 13.8 Å². The molecule has 0 aromatic heterocycles. The lowest BCUT2D eigenvalue weighted by Crippen LogP contribution is -2.42. The maximum Gasteiger partial charge on any atom is 0.152 e. The van der Waals surface area contributed by atoms with E-state index >= 15 is 0 Å². The van der Waals surface area contributed by atoms with Gasteiger partial charge in [0.05, 0.1) is 6.04 Å². The fraction of sp³-hybridized carbons (Fsp3) is 0.500. The minimum Gasteiger partial charge on any atom is -0.305 e. The van der Waals surface area contributed by atoms with Crippen LogP contribution in [-0.2, 0) is 11.2 Å². The Labute approximate surface area is 122 Å². The second-order valence-electron chi connectivity index (χ2n) is 6.23. The van der Waals surface area contributed by atoms with Crippen LogP contribution < -0.4 is 5.32 Å². The summed E-state index contributed by atoms with van der Waals surface area (Å²) in [5.41, 5.74) is 4.01. The van der Waals surface area contributed by atoms with E-state index in [1.165, 1.54) is 16.7 Å². The van der Waals surface area contributed by atoms with Gasteiger partial charge in [-0.2, -0.15) is 0 Å². The number of carbonyl (C=O) groups is 1. The highest BCUT2D eigenvalue weighted by Gasteiger charge is 2.25. The molecule has 0 spiro atoms. The van der Waals surface area contributed by atoms with Crippen molar-refractivity contribution in [2.24, 2.45) is 5.92 Å². The van der Waals surface area contributed by atoms with Gasteiger partial charge in [0.1, 0.15) is 0 Å². The highest BCUT2D eigenvalue weighted by Crippen LogP contribution is 2.31. The van der Waals surface area contributed by atoms with Gasteiger partial charge in [0.15, 0.2) is 5.78 Å². The molecule has 1 aromatic rings. The molecule has 1 unspecified atom stereocenters. The number of Topliss-reactive ketones (excluding diaryl/α,β-unsaturated/α-hetero) is 1. The molecule has 0 aliphatic heterocycles. The molecule has 1 aliphatic carbocycles. The van der Waals surface area contributed by atoms with Crippen LogP contribution >= 0.6 is 0 Å². The number of allylic oxidation sites excluding steroid dienone is 1. The second-order valence-corrected chi connectivity index (χ2v) is 6.23. The summed E-state index contributed by atoms with van der Waals surface area (Å²) in [4.78, 5) is 12.4. The Morgan fingerprint density at radius 2 is 1.90 bits per heavy atom. The number of benzene rings is 1. The topological polar surface area (TPSA) is 29.1 Å². The number of carbonyl (C=O) groups excluding carboxylic acids is 1. The van der Waals surface area contributed by atoms with Gasteiger partial charge in [0.2, 0.25) is 0 Å². The van der Waals surface area contributed by atoms with Crippen molar-refractivity contribution in [3.8, 4) is 0 Å². The first-order valence-corrected chi connectivity index (χ1v) is 7.56. The smallest absolute Gasteiger partial charge is 0.152 e. The molecule has 1 aliphatic rings. The van der Waals surface area contributed by atoms with Crippen LogP contribution in [0.5, 0.6) is 0 Å². The summed E-state index contributed by atoms with van der Waals surface area (Å²) in [7, 11) is 0. The van der Waals surface area contributed by atoms with Gasteiger partial charge in [-0.3, -0.25) is 4.79 Å². The lowest BCUT2D eigenvalue weighted by atomic mass is 9.93. The SMILES string of the molecule is CC(C)NC(CC1=CCc2ccccc21)C(=O)C(C)C. The summed E-state index contributed by atoms with van der Waals surface area (Å²) in [6, 6.07) is 8.74. The lowest BCUT2D eigenvalue weighted by Gasteiger charge is -2.23. The van der Waals surface area contributed by atoms with E-state index in [0.29, 0.717) is 11.8 Å². The van der Waals surface area contributed by atoms with Gasteiger partial charge in [-0.05, 0) is 29.5 Å². The van der Waals surface area contributed by atoms with Gasteiger partial charge in [-0.15, -0.1) is 0 Å². The van der Waals surface area contributed by atoms with Crippen molar-refractivity contribution in [3.05, 3.63) is 41.5 Å². The maximum absolute atomic E-state index is 12.4. The molecule has 1 N–H and O–H groups in total. The summed E-state index contributed by atoms with van der Waals surface area (Å²) in [5.74, 6) is 0.382. The third kappa shape index (κ3) is 3.37. The number of hydrogen-bond acceptors (Lipinski definition) is 2. The normalized spacial score (nSPS) is 15.4. The summed E-state index contributed by atoms with van der Waals surface area (Å²) in [5, 5.41) is 3.43. The zero-order valence-corrected chi connectivity index (χ0v) is 12.9. The van der Waals surface area contributed by atoms with Crippen LogP contribution in [0.3, 0.4) is 0 Å². The Morgan fingerprint density at radius 3 is 2.55 bits per heavy atom. The summed E-state index contributed by atoms with van der Waals surface area (Å²) in [6.07, 6.45) is 4.06. The lowest BCUT2D eigenvalue weighted by molar-refractivity contribution is -0.124. The van der Waals surface area contributed by atoms with Gasteiger partial charge in [-0.1, -0.05) is 58.0 Å².